The molecule has 1 amide bonds. The Morgan fingerprint density at radius 2 is 2.15 bits per heavy atom. The van der Waals surface area contributed by atoms with Gasteiger partial charge in [-0.25, -0.2) is 9.78 Å². The summed E-state index contributed by atoms with van der Waals surface area (Å²) >= 11 is 3.81. The second-order valence-electron chi connectivity index (χ2n) is 7.06. The molecule has 0 saturated carbocycles. The van der Waals surface area contributed by atoms with Crippen LogP contribution in [-0.4, -0.2) is 44.4 Å². The lowest BCUT2D eigenvalue weighted by Crippen LogP contribution is -2.16. The predicted octanol–water partition coefficient (Wildman–Crippen LogP) is 3.21. The van der Waals surface area contributed by atoms with Gasteiger partial charge >= 0.3 is 5.97 Å². The first-order chi connectivity index (χ1) is 15.9. The molecule has 0 unspecified atom stereocenters. The van der Waals surface area contributed by atoms with Crippen molar-refractivity contribution in [3.8, 4) is 0 Å². The third-order valence-electron chi connectivity index (χ3n) is 4.61. The number of fused-ring (bicyclic) bond motifs is 1. The number of hydrogen-bond acceptors (Lipinski definition) is 11. The predicted molar refractivity (Wildman–Crippen MR) is 125 cm³/mol. The van der Waals surface area contributed by atoms with Crippen LogP contribution in [0.15, 0.2) is 25.7 Å². The average Bonchev–Trinajstić information content (AvgIpc) is 3.46. The quantitative estimate of drug-likeness (QED) is 0.252. The van der Waals surface area contributed by atoms with Crippen LogP contribution in [0, 0.1) is 6.92 Å². The van der Waals surface area contributed by atoms with Crippen molar-refractivity contribution >= 4 is 51.7 Å². The van der Waals surface area contributed by atoms with Gasteiger partial charge in [-0.3, -0.25) is 9.59 Å². The van der Waals surface area contributed by atoms with Crippen LogP contribution in [0.1, 0.15) is 45.7 Å². The number of carbonyl (C=O) groups excluding carboxylic acids is 2. The van der Waals surface area contributed by atoms with Gasteiger partial charge in [0.2, 0.25) is 11.8 Å². The number of rotatable bonds is 9. The third-order valence-corrected chi connectivity index (χ3v) is 7.49. The standard InChI is InChI=1S/C20H21N5O5S3/c1-3-29-18(28)16-11-5-4-6-12(11)33-17(16)22-14(27)8-32-20-25-24-15(30-20)9-31-19-21-10(2)7-13(26)23-19/h7H,3-6,8-9H2,1-2H3,(H,22,27)(H,21,23,26). The molecular formula is C20H21N5O5S3. The van der Waals surface area contributed by atoms with Crippen LogP contribution in [0.3, 0.4) is 0 Å². The van der Waals surface area contributed by atoms with Gasteiger partial charge in [-0.2, -0.15) is 0 Å². The Kier molecular flexibility index (Phi) is 7.50. The number of aromatic nitrogens is 4. The van der Waals surface area contributed by atoms with Gasteiger partial charge in [-0.1, -0.05) is 23.5 Å². The fourth-order valence-corrected chi connectivity index (χ4v) is 5.94. The van der Waals surface area contributed by atoms with Crippen LogP contribution in [0.4, 0.5) is 5.00 Å². The maximum atomic E-state index is 12.5. The molecule has 0 aliphatic heterocycles. The number of thioether (sulfide) groups is 2. The molecule has 1 aliphatic carbocycles. The van der Waals surface area contributed by atoms with Gasteiger partial charge in [-0.15, -0.1) is 21.5 Å². The molecule has 13 heteroatoms. The van der Waals surface area contributed by atoms with E-state index in [1.54, 1.807) is 13.8 Å². The zero-order chi connectivity index (χ0) is 23.4. The minimum absolute atomic E-state index is 0.0480. The van der Waals surface area contributed by atoms with Gasteiger partial charge in [0, 0.05) is 16.6 Å². The molecule has 1 aliphatic rings. The van der Waals surface area contributed by atoms with Gasteiger partial charge < -0.3 is 19.5 Å². The van der Waals surface area contributed by atoms with Crippen LogP contribution < -0.4 is 10.9 Å². The number of hydrogen-bond donors (Lipinski definition) is 2. The Labute approximate surface area is 201 Å². The fourth-order valence-electron chi connectivity index (χ4n) is 3.31. The van der Waals surface area contributed by atoms with E-state index in [0.717, 1.165) is 41.5 Å². The molecule has 3 aromatic heterocycles. The Morgan fingerprint density at radius 1 is 1.30 bits per heavy atom. The van der Waals surface area contributed by atoms with Gasteiger partial charge in [0.1, 0.15) is 5.00 Å². The number of aryl methyl sites for hydroxylation is 2. The highest BCUT2D eigenvalue weighted by Crippen LogP contribution is 2.39. The first-order valence-electron chi connectivity index (χ1n) is 10.2. The van der Waals surface area contributed by atoms with Crippen LogP contribution in [0.5, 0.6) is 0 Å². The molecule has 10 nitrogen and oxygen atoms in total. The molecule has 0 fully saturated rings. The van der Waals surface area contributed by atoms with E-state index >= 15 is 0 Å². The van der Waals surface area contributed by atoms with Gasteiger partial charge in [0.25, 0.3) is 10.8 Å². The Balaban J connectivity index is 1.32. The molecule has 3 aromatic rings. The van der Waals surface area contributed by atoms with Crippen molar-refractivity contribution in [2.45, 2.75) is 49.2 Å². The molecular weight excluding hydrogens is 486 g/mol. The topological polar surface area (TPSA) is 140 Å². The summed E-state index contributed by atoms with van der Waals surface area (Å²) in [6, 6.07) is 1.41. The minimum atomic E-state index is -0.400. The number of carbonyl (C=O) groups is 2. The smallest absolute Gasteiger partial charge is 0.341 e. The number of nitrogens with one attached hydrogen (secondary N) is 2. The number of aromatic amines is 1. The second kappa shape index (κ2) is 10.5. The van der Waals surface area contributed by atoms with Crippen LogP contribution in [0.2, 0.25) is 0 Å². The largest absolute Gasteiger partial charge is 0.462 e. The summed E-state index contributed by atoms with van der Waals surface area (Å²) in [5, 5.41) is 12.0. The highest BCUT2D eigenvalue weighted by Gasteiger charge is 2.28. The van der Waals surface area contributed by atoms with Crippen molar-refractivity contribution < 1.29 is 18.7 Å². The van der Waals surface area contributed by atoms with Crippen molar-refractivity contribution in [2.24, 2.45) is 0 Å². The van der Waals surface area contributed by atoms with Crippen molar-refractivity contribution in [3.05, 3.63) is 44.0 Å². The molecule has 2 N–H and O–H groups in total. The van der Waals surface area contributed by atoms with E-state index in [9.17, 15) is 14.4 Å². The third kappa shape index (κ3) is 5.84. The zero-order valence-corrected chi connectivity index (χ0v) is 20.4. The van der Waals surface area contributed by atoms with Crippen molar-refractivity contribution in [1.29, 1.82) is 0 Å². The van der Waals surface area contributed by atoms with Crippen molar-refractivity contribution in [2.75, 3.05) is 17.7 Å². The molecule has 0 atom stereocenters. The number of ether oxygens (including phenoxy) is 1. The summed E-state index contributed by atoms with van der Waals surface area (Å²) in [5.74, 6) is 0.0538. The van der Waals surface area contributed by atoms with Gasteiger partial charge in [0.05, 0.1) is 23.7 Å². The molecule has 33 heavy (non-hydrogen) atoms. The summed E-state index contributed by atoms with van der Waals surface area (Å²) in [5.41, 5.74) is 1.87. The van der Waals surface area contributed by atoms with Crippen LogP contribution in [-0.2, 0) is 28.1 Å². The van der Waals surface area contributed by atoms with Gasteiger partial charge in [-0.05, 0) is 38.7 Å². The van der Waals surface area contributed by atoms with Crippen LogP contribution in [0.25, 0.3) is 0 Å². The Morgan fingerprint density at radius 3 is 2.94 bits per heavy atom. The first-order valence-corrected chi connectivity index (χ1v) is 13.0. The maximum Gasteiger partial charge on any atom is 0.341 e. The molecule has 0 radical (unpaired) electrons. The number of nitrogens with zero attached hydrogens (tertiary/aromatic N) is 3. The molecule has 0 bridgehead atoms. The van der Waals surface area contributed by atoms with Crippen molar-refractivity contribution in [1.82, 2.24) is 20.2 Å². The first kappa shape index (κ1) is 23.5. The maximum absolute atomic E-state index is 12.5. The molecule has 0 aromatic carbocycles. The monoisotopic (exact) mass is 507 g/mol. The summed E-state index contributed by atoms with van der Waals surface area (Å²) in [6.45, 7) is 3.78. The molecule has 4 rings (SSSR count). The normalized spacial score (nSPS) is 12.5. The van der Waals surface area contributed by atoms with Gasteiger partial charge in [0.15, 0.2) is 5.16 Å². The molecule has 0 saturated heterocycles. The number of thiophene rings is 1. The fraction of sp³-hybridized carbons (Fsp3) is 0.400. The lowest BCUT2D eigenvalue weighted by Gasteiger charge is -2.07. The number of H-pyrrole nitrogens is 1. The lowest BCUT2D eigenvalue weighted by atomic mass is 10.1. The summed E-state index contributed by atoms with van der Waals surface area (Å²) in [4.78, 5) is 44.4. The SMILES string of the molecule is CCOC(=O)c1c(NC(=O)CSc2nnc(CSc3nc(C)cc(=O)[nH]3)o2)sc2c1CCC2. The van der Waals surface area contributed by atoms with E-state index in [0.29, 0.717) is 33.1 Å². The summed E-state index contributed by atoms with van der Waals surface area (Å²) in [7, 11) is 0. The summed E-state index contributed by atoms with van der Waals surface area (Å²) < 4.78 is 10.7. The van der Waals surface area contributed by atoms with E-state index in [2.05, 4.69) is 25.5 Å². The van der Waals surface area contributed by atoms with E-state index in [1.165, 1.54) is 29.2 Å². The van der Waals surface area contributed by atoms with Crippen molar-refractivity contribution in [3.63, 3.8) is 0 Å². The Bertz CT molecular complexity index is 1240. The lowest BCUT2D eigenvalue weighted by molar-refractivity contribution is -0.113. The highest BCUT2D eigenvalue weighted by atomic mass is 32.2. The van der Waals surface area contributed by atoms with E-state index < -0.39 is 5.97 Å². The molecule has 3 heterocycles. The van der Waals surface area contributed by atoms with E-state index in [-0.39, 0.29) is 29.0 Å². The van der Waals surface area contributed by atoms with E-state index in [1.807, 2.05) is 0 Å². The molecule has 0 spiro atoms. The zero-order valence-electron chi connectivity index (χ0n) is 17.9. The number of esters is 1. The highest BCUT2D eigenvalue weighted by molar-refractivity contribution is 7.99. The average molecular weight is 508 g/mol. The van der Waals surface area contributed by atoms with Crippen LogP contribution >= 0.6 is 34.9 Å². The molecule has 174 valence electrons. The number of anilines is 1. The Hall–Kier alpha value is -2.64. The summed E-state index contributed by atoms with van der Waals surface area (Å²) in [6.07, 6.45) is 2.73. The second-order valence-corrected chi connectivity index (χ2v) is 10.1. The van der Waals surface area contributed by atoms with E-state index in [4.69, 9.17) is 9.15 Å². The minimum Gasteiger partial charge on any atom is -0.462 e. The number of amides is 1.